The summed E-state index contributed by atoms with van der Waals surface area (Å²) in [6.07, 6.45) is -3.37. The summed E-state index contributed by atoms with van der Waals surface area (Å²) in [5.74, 6) is -4.43. The van der Waals surface area contributed by atoms with Gasteiger partial charge >= 0.3 is 0 Å². The van der Waals surface area contributed by atoms with Crippen LogP contribution < -0.4 is 10.1 Å². The number of ether oxygens (including phenoxy) is 6. The van der Waals surface area contributed by atoms with E-state index in [4.69, 9.17) is 28.4 Å². The molecule has 4 fully saturated rings. The van der Waals surface area contributed by atoms with E-state index in [1.807, 2.05) is 6.92 Å². The van der Waals surface area contributed by atoms with Crippen molar-refractivity contribution in [3.63, 3.8) is 0 Å². The predicted octanol–water partition coefficient (Wildman–Crippen LogP) is 0.757. The van der Waals surface area contributed by atoms with E-state index < -0.39 is 94.8 Å². The molecule has 1 unspecified atom stereocenters. The number of likely N-dealkylation sites (tertiary alicyclic amines) is 1. The SMILES string of the molecule is COc1cccc2c1C(=O)c1c(O)c3c(c(O)c1C2=O)C[C@@](O)(C(=O)NCCN1C(=O)CC(SC)C1=O)C[C@@H]3O[C@H]1C[C@H]2[C@H](O[C@@H]3[C@@H](OC)OCCN32)[C@H](C)O1. The van der Waals surface area contributed by atoms with Gasteiger partial charge in [0.05, 0.1) is 47.9 Å². The van der Waals surface area contributed by atoms with E-state index in [0.29, 0.717) is 13.2 Å². The number of carbonyl (C=O) groups is 5. The van der Waals surface area contributed by atoms with Gasteiger partial charge in [-0.15, -0.1) is 0 Å². The first-order valence-electron chi connectivity index (χ1n) is 18.4. The smallest absolute Gasteiger partial charge is 0.252 e. The van der Waals surface area contributed by atoms with Gasteiger partial charge in [0.1, 0.15) is 29.0 Å². The lowest BCUT2D eigenvalue weighted by Gasteiger charge is -2.43. The lowest BCUT2D eigenvalue weighted by atomic mass is 9.72. The number of imide groups is 1. The Bertz CT molecular complexity index is 2010. The van der Waals surface area contributed by atoms with Gasteiger partial charge in [-0.2, -0.15) is 11.8 Å². The number of morpholine rings is 1. The van der Waals surface area contributed by atoms with Crippen LogP contribution in [0.15, 0.2) is 18.2 Å². The molecule has 4 aliphatic heterocycles. The average Bonchev–Trinajstić information content (AvgIpc) is 3.70. The van der Waals surface area contributed by atoms with Crippen LogP contribution in [0.2, 0.25) is 0 Å². The topological polar surface area (TPSA) is 220 Å². The molecule has 0 aromatic heterocycles. The fourth-order valence-corrected chi connectivity index (χ4v) is 9.66. The van der Waals surface area contributed by atoms with E-state index in [-0.39, 0.29) is 77.9 Å². The molecular weight excluding hydrogens is 754 g/mol. The van der Waals surface area contributed by atoms with Crippen molar-refractivity contribution >= 4 is 41.0 Å². The van der Waals surface area contributed by atoms with Crippen LogP contribution in [0.4, 0.5) is 0 Å². The van der Waals surface area contributed by atoms with E-state index in [1.54, 1.807) is 6.26 Å². The second kappa shape index (κ2) is 14.7. The normalized spacial score (nSPS) is 32.4. The number of fused-ring (bicyclic) bond motifs is 6. The molecule has 2 aromatic carbocycles. The fourth-order valence-electron chi connectivity index (χ4n) is 9.02. The third kappa shape index (κ3) is 6.09. The minimum absolute atomic E-state index is 0.0496. The van der Waals surface area contributed by atoms with Gasteiger partial charge < -0.3 is 49.1 Å². The van der Waals surface area contributed by atoms with Crippen LogP contribution in [-0.4, -0.2) is 149 Å². The summed E-state index contributed by atoms with van der Waals surface area (Å²) in [5.41, 5.74) is -3.64. The number of carbonyl (C=O) groups excluding carboxylic acids is 5. The number of phenolic OH excluding ortho intramolecular Hbond substituents is 2. The van der Waals surface area contributed by atoms with Gasteiger partial charge in [0.15, 0.2) is 24.6 Å². The molecule has 56 heavy (non-hydrogen) atoms. The summed E-state index contributed by atoms with van der Waals surface area (Å²) < 4.78 is 35.8. The van der Waals surface area contributed by atoms with Crippen LogP contribution in [-0.2, 0) is 44.5 Å². The zero-order valence-corrected chi connectivity index (χ0v) is 32.0. The summed E-state index contributed by atoms with van der Waals surface area (Å²) in [6, 6.07) is 4.21. The molecule has 3 amide bonds. The molecule has 8 rings (SSSR count). The van der Waals surface area contributed by atoms with Gasteiger partial charge in [-0.1, -0.05) is 12.1 Å². The Kier molecular flexibility index (Phi) is 10.1. The Morgan fingerprint density at radius 2 is 1.84 bits per heavy atom. The van der Waals surface area contributed by atoms with Crippen LogP contribution in [0.3, 0.4) is 0 Å². The standard InChI is InChI=1S/C38H43N3O14S/c1-16-33-19(40-10-11-52-36(51-3)35(40)55-33)12-24(53-16)54-21-15-38(49,37(48)39-8-9-41-23(42)13-22(56-4)34(41)47)14-18-26(21)32(46)28-27(30(18)44)29(43)17-6-5-7-20(50-2)25(17)31(28)45/h5-7,16,19,21-22,24,33,35-36,44,46,49H,8-15H2,1-4H3,(H,39,48)/t16-,19-,21-,22?,24-,33+,35+,36-,38-/m0/s1. The molecule has 4 N–H and O–H groups in total. The van der Waals surface area contributed by atoms with Crippen molar-refractivity contribution in [2.75, 3.05) is 46.7 Å². The first-order valence-corrected chi connectivity index (χ1v) is 19.7. The molecule has 4 heterocycles. The number of nitrogens with zero attached hydrogens (tertiary/aromatic N) is 2. The monoisotopic (exact) mass is 797 g/mol. The van der Waals surface area contributed by atoms with Crippen molar-refractivity contribution in [2.45, 2.75) is 86.6 Å². The minimum atomic E-state index is -2.31. The number of amides is 3. The number of nitrogens with one attached hydrogen (secondary N) is 1. The van der Waals surface area contributed by atoms with Crippen molar-refractivity contribution in [1.29, 1.82) is 0 Å². The van der Waals surface area contributed by atoms with Crippen LogP contribution >= 0.6 is 11.8 Å². The number of benzene rings is 2. The zero-order valence-electron chi connectivity index (χ0n) is 31.1. The quantitative estimate of drug-likeness (QED) is 0.173. The molecule has 0 bridgehead atoms. The largest absolute Gasteiger partial charge is 0.507 e. The highest BCUT2D eigenvalue weighted by molar-refractivity contribution is 8.00. The lowest BCUT2D eigenvalue weighted by Crippen LogP contribution is -2.55. The fraction of sp³-hybridized carbons (Fsp3) is 0.553. The maximum Gasteiger partial charge on any atom is 0.252 e. The minimum Gasteiger partial charge on any atom is -0.507 e. The number of aromatic hydroxyl groups is 2. The van der Waals surface area contributed by atoms with Crippen LogP contribution in [0.1, 0.15) is 75.3 Å². The van der Waals surface area contributed by atoms with Gasteiger partial charge in [-0.3, -0.25) is 33.8 Å². The Morgan fingerprint density at radius 1 is 1.07 bits per heavy atom. The third-order valence-electron chi connectivity index (χ3n) is 11.7. The number of aliphatic hydroxyl groups is 1. The number of ketones is 2. The Balaban J connectivity index is 1.14. The third-order valence-corrected chi connectivity index (χ3v) is 12.6. The van der Waals surface area contributed by atoms with Crippen molar-refractivity contribution in [3.8, 4) is 17.2 Å². The van der Waals surface area contributed by atoms with Crippen LogP contribution in [0.5, 0.6) is 17.2 Å². The van der Waals surface area contributed by atoms with Gasteiger partial charge in [0, 0.05) is 75.2 Å². The summed E-state index contributed by atoms with van der Waals surface area (Å²) in [5, 5.41) is 38.1. The van der Waals surface area contributed by atoms with Crippen molar-refractivity contribution in [1.82, 2.24) is 15.1 Å². The maximum atomic E-state index is 14.1. The number of phenols is 2. The first kappa shape index (κ1) is 38.7. The van der Waals surface area contributed by atoms with E-state index in [1.165, 1.54) is 44.2 Å². The number of rotatable bonds is 9. The summed E-state index contributed by atoms with van der Waals surface area (Å²) in [6.45, 7) is 2.46. The van der Waals surface area contributed by atoms with E-state index in [2.05, 4.69) is 10.2 Å². The number of hydrogen-bond donors (Lipinski definition) is 4. The molecule has 2 aromatic rings. The summed E-state index contributed by atoms with van der Waals surface area (Å²) in [4.78, 5) is 70.3. The lowest BCUT2D eigenvalue weighted by molar-refractivity contribution is -0.256. The number of hydrogen-bond acceptors (Lipinski definition) is 16. The molecule has 0 radical (unpaired) electrons. The highest BCUT2D eigenvalue weighted by atomic mass is 32.2. The summed E-state index contributed by atoms with van der Waals surface area (Å²) in [7, 11) is 2.87. The molecular formula is C38H43N3O14S. The van der Waals surface area contributed by atoms with E-state index >= 15 is 0 Å². The molecule has 4 saturated heterocycles. The molecule has 18 heteroatoms. The molecule has 300 valence electrons. The molecule has 6 aliphatic rings. The second-order valence-corrected chi connectivity index (χ2v) is 15.8. The summed E-state index contributed by atoms with van der Waals surface area (Å²) >= 11 is 1.26. The van der Waals surface area contributed by atoms with Gasteiger partial charge in [0.25, 0.3) is 5.91 Å². The Hall–Kier alpha value is -4.14. The molecule has 0 spiro atoms. The highest BCUT2D eigenvalue weighted by Crippen LogP contribution is 2.53. The van der Waals surface area contributed by atoms with E-state index in [0.717, 1.165) is 4.90 Å². The van der Waals surface area contributed by atoms with Gasteiger partial charge in [0.2, 0.25) is 17.6 Å². The second-order valence-electron chi connectivity index (χ2n) is 14.8. The predicted molar refractivity (Wildman–Crippen MR) is 193 cm³/mol. The molecule has 2 aliphatic carbocycles. The molecule has 9 atom stereocenters. The zero-order chi connectivity index (χ0) is 39.8. The van der Waals surface area contributed by atoms with E-state index in [9.17, 15) is 39.3 Å². The molecule has 0 saturated carbocycles. The highest BCUT2D eigenvalue weighted by Gasteiger charge is 2.55. The number of thioether (sulfide) groups is 1. The first-order chi connectivity index (χ1) is 26.8. The van der Waals surface area contributed by atoms with Gasteiger partial charge in [-0.25, -0.2) is 0 Å². The van der Waals surface area contributed by atoms with Crippen molar-refractivity contribution in [2.24, 2.45) is 0 Å². The van der Waals surface area contributed by atoms with Crippen LogP contribution in [0.25, 0.3) is 0 Å². The van der Waals surface area contributed by atoms with Crippen molar-refractivity contribution in [3.05, 3.63) is 51.6 Å². The Labute approximate surface area is 325 Å². The Morgan fingerprint density at radius 3 is 2.55 bits per heavy atom. The van der Waals surface area contributed by atoms with Gasteiger partial charge in [-0.05, 0) is 19.2 Å². The number of methoxy groups -OCH3 is 2. The molecule has 17 nitrogen and oxygen atoms in total. The van der Waals surface area contributed by atoms with Crippen LogP contribution in [0, 0.1) is 0 Å². The maximum absolute atomic E-state index is 14.1. The average molecular weight is 798 g/mol. The van der Waals surface area contributed by atoms with Crippen molar-refractivity contribution < 1.29 is 67.7 Å².